The molecule has 0 aromatic carbocycles. The van der Waals surface area contributed by atoms with E-state index in [4.69, 9.17) is 10.8 Å². The monoisotopic (exact) mass is 221 g/mol. The largest absolute Gasteiger partial charge is 0.481 e. The first-order valence-electron chi connectivity index (χ1n) is 4.52. The molecule has 0 fully saturated rings. The van der Waals surface area contributed by atoms with Crippen molar-refractivity contribution < 1.29 is 23.8 Å². The summed E-state index contributed by atoms with van der Waals surface area (Å²) in [7, 11) is 0. The first-order chi connectivity index (χ1) is 6.70. The van der Waals surface area contributed by atoms with Crippen molar-refractivity contribution in [3.8, 4) is 0 Å². The molecule has 0 heterocycles. The van der Waals surface area contributed by atoms with Crippen molar-refractivity contribution in [3.05, 3.63) is 0 Å². The van der Waals surface area contributed by atoms with Crippen LogP contribution in [0, 0.1) is 0 Å². The highest BCUT2D eigenvalue weighted by atomic mass is 19.1. The number of carboxylic acid groups (broad SMARTS) is 1. The van der Waals surface area contributed by atoms with E-state index in [1.807, 2.05) is 0 Å². The number of hydrogen-bond acceptors (Lipinski definition) is 4. The Morgan fingerprint density at radius 1 is 1.53 bits per heavy atom. The van der Waals surface area contributed by atoms with Gasteiger partial charge in [0.1, 0.15) is 12.3 Å². The predicted molar refractivity (Wildman–Crippen MR) is 51.0 cm³/mol. The molecule has 0 aromatic heterocycles. The van der Waals surface area contributed by atoms with E-state index < -0.39 is 23.6 Å². The van der Waals surface area contributed by atoms with Crippen LogP contribution >= 0.6 is 0 Å². The van der Waals surface area contributed by atoms with Crippen molar-refractivity contribution in [1.82, 2.24) is 0 Å². The molecule has 1 unspecified atom stereocenters. The fraction of sp³-hybridized carbons (Fsp3) is 0.778. The molecule has 1 atom stereocenters. The van der Waals surface area contributed by atoms with Crippen molar-refractivity contribution in [2.75, 3.05) is 6.61 Å². The summed E-state index contributed by atoms with van der Waals surface area (Å²) in [5.41, 5.74) is 3.70. The van der Waals surface area contributed by atoms with E-state index in [2.05, 4.69) is 4.74 Å². The van der Waals surface area contributed by atoms with Crippen LogP contribution in [0.4, 0.5) is 4.39 Å². The number of nitrogens with two attached hydrogens (primary N) is 1. The molecular weight excluding hydrogens is 205 g/mol. The predicted octanol–water partition coefficient (Wildman–Crippen LogP) is 0.470. The number of aliphatic carboxylic acids is 1. The number of carbonyl (C=O) groups is 2. The number of halogens is 1. The Hall–Kier alpha value is -1.17. The van der Waals surface area contributed by atoms with Crippen molar-refractivity contribution in [3.63, 3.8) is 0 Å². The number of carboxylic acids is 1. The van der Waals surface area contributed by atoms with Crippen LogP contribution in [-0.4, -0.2) is 35.4 Å². The van der Waals surface area contributed by atoms with E-state index >= 15 is 0 Å². The fourth-order valence-electron chi connectivity index (χ4n) is 0.877. The van der Waals surface area contributed by atoms with Crippen molar-refractivity contribution >= 4 is 11.9 Å². The summed E-state index contributed by atoms with van der Waals surface area (Å²) < 4.78 is 17.6. The van der Waals surface area contributed by atoms with Gasteiger partial charge in [-0.25, -0.2) is 4.39 Å². The zero-order valence-electron chi connectivity index (χ0n) is 8.83. The van der Waals surface area contributed by atoms with Gasteiger partial charge >= 0.3 is 11.9 Å². The highest BCUT2D eigenvalue weighted by molar-refractivity contribution is 5.71. The average molecular weight is 221 g/mol. The first kappa shape index (κ1) is 13.8. The Bertz CT molecular complexity index is 237. The SMILES string of the molecule is CC(C)(F)CC(=O)OCC(N)CC(=O)O. The molecule has 0 rings (SSSR count). The van der Waals surface area contributed by atoms with Gasteiger partial charge in [-0.05, 0) is 13.8 Å². The Kier molecular flexibility index (Phi) is 5.21. The minimum absolute atomic E-state index is 0.207. The van der Waals surface area contributed by atoms with E-state index in [1.165, 1.54) is 13.8 Å². The smallest absolute Gasteiger partial charge is 0.309 e. The number of carbonyl (C=O) groups excluding carboxylic acids is 1. The van der Waals surface area contributed by atoms with Gasteiger partial charge in [0, 0.05) is 6.04 Å². The maximum absolute atomic E-state index is 12.9. The Labute approximate surface area is 87.4 Å². The second kappa shape index (κ2) is 5.65. The van der Waals surface area contributed by atoms with Gasteiger partial charge in [0.15, 0.2) is 0 Å². The lowest BCUT2D eigenvalue weighted by molar-refractivity contribution is -0.148. The highest BCUT2D eigenvalue weighted by Gasteiger charge is 2.22. The summed E-state index contributed by atoms with van der Waals surface area (Å²) in [4.78, 5) is 21.2. The molecule has 0 amide bonds. The summed E-state index contributed by atoms with van der Waals surface area (Å²) >= 11 is 0. The Balaban J connectivity index is 3.76. The Morgan fingerprint density at radius 2 is 2.07 bits per heavy atom. The minimum Gasteiger partial charge on any atom is -0.481 e. The number of rotatable bonds is 6. The second-order valence-corrected chi connectivity index (χ2v) is 3.94. The maximum Gasteiger partial charge on any atom is 0.309 e. The molecule has 0 saturated heterocycles. The van der Waals surface area contributed by atoms with E-state index in [-0.39, 0.29) is 19.4 Å². The minimum atomic E-state index is -1.63. The van der Waals surface area contributed by atoms with E-state index in [9.17, 15) is 14.0 Å². The molecule has 0 spiro atoms. The number of hydrogen-bond donors (Lipinski definition) is 2. The number of esters is 1. The lowest BCUT2D eigenvalue weighted by Gasteiger charge is -2.14. The molecule has 0 aliphatic rings. The van der Waals surface area contributed by atoms with E-state index in [0.717, 1.165) is 0 Å². The van der Waals surface area contributed by atoms with Crippen LogP contribution in [0.5, 0.6) is 0 Å². The van der Waals surface area contributed by atoms with Crippen molar-refractivity contribution in [1.29, 1.82) is 0 Å². The summed E-state index contributed by atoms with van der Waals surface area (Å²) in [6.07, 6.45) is -0.654. The molecular formula is C9H16FNO4. The highest BCUT2D eigenvalue weighted by Crippen LogP contribution is 2.14. The molecule has 0 aliphatic heterocycles. The maximum atomic E-state index is 12.9. The van der Waals surface area contributed by atoms with Gasteiger partial charge in [-0.1, -0.05) is 0 Å². The average Bonchev–Trinajstić information content (AvgIpc) is 1.96. The molecule has 0 aromatic rings. The summed E-state index contributed by atoms with van der Waals surface area (Å²) in [5.74, 6) is -1.78. The molecule has 5 nitrogen and oxygen atoms in total. The van der Waals surface area contributed by atoms with Gasteiger partial charge in [0.25, 0.3) is 0 Å². The number of ether oxygens (including phenoxy) is 1. The van der Waals surface area contributed by atoms with Crippen molar-refractivity contribution in [2.45, 2.75) is 38.4 Å². The van der Waals surface area contributed by atoms with Crippen LogP contribution in [0.2, 0.25) is 0 Å². The molecule has 0 saturated carbocycles. The molecule has 0 bridgehead atoms. The quantitative estimate of drug-likeness (QED) is 0.636. The third-order valence-corrected chi connectivity index (χ3v) is 1.46. The number of alkyl halides is 1. The van der Waals surface area contributed by atoms with Gasteiger partial charge < -0.3 is 15.6 Å². The summed E-state index contributed by atoms with van der Waals surface area (Å²) in [5, 5.41) is 8.36. The van der Waals surface area contributed by atoms with E-state index in [0.29, 0.717) is 0 Å². The van der Waals surface area contributed by atoms with Gasteiger partial charge in [0.2, 0.25) is 0 Å². The third-order valence-electron chi connectivity index (χ3n) is 1.46. The molecule has 3 N–H and O–H groups in total. The molecule has 0 aliphatic carbocycles. The summed E-state index contributed by atoms with van der Waals surface area (Å²) in [6, 6.07) is -0.755. The van der Waals surface area contributed by atoms with Crippen LogP contribution in [0.1, 0.15) is 26.7 Å². The summed E-state index contributed by atoms with van der Waals surface area (Å²) in [6.45, 7) is 2.30. The first-order valence-corrected chi connectivity index (χ1v) is 4.52. The van der Waals surface area contributed by atoms with Crippen molar-refractivity contribution in [2.24, 2.45) is 5.73 Å². The zero-order valence-corrected chi connectivity index (χ0v) is 8.83. The van der Waals surface area contributed by atoms with Crippen LogP contribution < -0.4 is 5.73 Å². The molecule has 6 heteroatoms. The Morgan fingerprint density at radius 3 is 2.47 bits per heavy atom. The molecule has 0 radical (unpaired) electrons. The standard InChI is InChI=1S/C9H16FNO4/c1-9(2,10)4-8(14)15-5-6(11)3-7(12)13/h6H,3-5,11H2,1-2H3,(H,12,13). The van der Waals surface area contributed by atoms with Gasteiger partial charge in [-0.2, -0.15) is 0 Å². The lowest BCUT2D eigenvalue weighted by Crippen LogP contribution is -2.31. The molecule has 15 heavy (non-hydrogen) atoms. The van der Waals surface area contributed by atoms with Crippen LogP contribution in [0.15, 0.2) is 0 Å². The fourth-order valence-corrected chi connectivity index (χ4v) is 0.877. The third kappa shape index (κ3) is 9.14. The van der Waals surface area contributed by atoms with Crippen LogP contribution in [0.3, 0.4) is 0 Å². The topological polar surface area (TPSA) is 89.6 Å². The normalized spacial score (nSPS) is 13.3. The van der Waals surface area contributed by atoms with Gasteiger partial charge in [0.05, 0.1) is 12.8 Å². The van der Waals surface area contributed by atoms with E-state index in [1.54, 1.807) is 0 Å². The lowest BCUT2D eigenvalue weighted by atomic mass is 10.1. The van der Waals surface area contributed by atoms with Crippen LogP contribution in [-0.2, 0) is 14.3 Å². The zero-order chi connectivity index (χ0) is 12.1. The second-order valence-electron chi connectivity index (χ2n) is 3.94. The van der Waals surface area contributed by atoms with Crippen LogP contribution in [0.25, 0.3) is 0 Å². The van der Waals surface area contributed by atoms with Gasteiger partial charge in [-0.15, -0.1) is 0 Å². The van der Waals surface area contributed by atoms with Gasteiger partial charge in [-0.3, -0.25) is 9.59 Å². The molecule has 88 valence electrons.